The number of hydrogen-bond acceptors (Lipinski definition) is 4. The standard InChI is InChI=1S/C24H28N2O4/c1-3-8-18-12-13-21(22(15-18)29-2)30-17-23(27)26-14-7-9-19(16-26)24(28)25-20-10-5-4-6-11-20/h3-6,8,10-13,15,19H,7,9,14,16-17H2,1-2H3,(H,25,28)/b8-3+. The molecule has 3 rings (SSSR count). The number of allylic oxidation sites excluding steroid dienone is 1. The lowest BCUT2D eigenvalue weighted by molar-refractivity contribution is -0.136. The molecule has 1 atom stereocenters. The Morgan fingerprint density at radius 1 is 1.17 bits per heavy atom. The number of para-hydroxylation sites is 1. The van der Waals surface area contributed by atoms with Crippen LogP contribution in [0, 0.1) is 5.92 Å². The minimum absolute atomic E-state index is 0.0548. The van der Waals surface area contributed by atoms with Crippen LogP contribution in [-0.4, -0.2) is 43.5 Å². The van der Waals surface area contributed by atoms with Crippen LogP contribution in [-0.2, 0) is 9.59 Å². The predicted molar refractivity (Wildman–Crippen MR) is 118 cm³/mol. The molecule has 158 valence electrons. The SMILES string of the molecule is C/C=C/c1ccc(OCC(=O)N2CCCC(C(=O)Nc3ccccc3)C2)c(OC)c1. The molecular formula is C24H28N2O4. The maximum Gasteiger partial charge on any atom is 0.260 e. The molecule has 0 aromatic heterocycles. The van der Waals surface area contributed by atoms with Crippen LogP contribution in [0.3, 0.4) is 0 Å². The maximum atomic E-state index is 12.7. The number of carbonyl (C=O) groups is 2. The van der Waals surface area contributed by atoms with Crippen molar-refractivity contribution in [1.29, 1.82) is 0 Å². The number of piperidine rings is 1. The Bertz CT molecular complexity index is 895. The van der Waals surface area contributed by atoms with Crippen molar-refractivity contribution in [2.75, 3.05) is 32.1 Å². The summed E-state index contributed by atoms with van der Waals surface area (Å²) in [5.41, 5.74) is 1.76. The lowest BCUT2D eigenvalue weighted by atomic mass is 9.97. The van der Waals surface area contributed by atoms with Crippen LogP contribution >= 0.6 is 0 Å². The predicted octanol–water partition coefficient (Wildman–Crippen LogP) is 3.98. The van der Waals surface area contributed by atoms with Gasteiger partial charge in [0.15, 0.2) is 18.1 Å². The number of ether oxygens (including phenoxy) is 2. The molecule has 1 N–H and O–H groups in total. The van der Waals surface area contributed by atoms with Crippen molar-refractivity contribution in [3.63, 3.8) is 0 Å². The monoisotopic (exact) mass is 408 g/mol. The molecule has 1 aliphatic rings. The Morgan fingerprint density at radius 3 is 2.70 bits per heavy atom. The molecule has 0 spiro atoms. The third kappa shape index (κ3) is 5.63. The van der Waals surface area contributed by atoms with Crippen LogP contribution < -0.4 is 14.8 Å². The number of hydrogen-bond donors (Lipinski definition) is 1. The number of carbonyl (C=O) groups excluding carboxylic acids is 2. The van der Waals surface area contributed by atoms with Gasteiger partial charge in [0.25, 0.3) is 5.91 Å². The largest absolute Gasteiger partial charge is 0.493 e. The van der Waals surface area contributed by atoms with E-state index in [1.807, 2.05) is 61.5 Å². The molecule has 1 unspecified atom stereocenters. The molecule has 1 aliphatic heterocycles. The highest BCUT2D eigenvalue weighted by Crippen LogP contribution is 2.29. The van der Waals surface area contributed by atoms with Gasteiger partial charge < -0.3 is 19.7 Å². The summed E-state index contributed by atoms with van der Waals surface area (Å²) in [6.45, 7) is 2.89. The number of amides is 2. The smallest absolute Gasteiger partial charge is 0.260 e. The van der Waals surface area contributed by atoms with Gasteiger partial charge in [-0.25, -0.2) is 0 Å². The first-order chi connectivity index (χ1) is 14.6. The second-order valence-electron chi connectivity index (χ2n) is 7.23. The maximum absolute atomic E-state index is 12.7. The fourth-order valence-electron chi connectivity index (χ4n) is 3.51. The second kappa shape index (κ2) is 10.5. The van der Waals surface area contributed by atoms with Crippen molar-refractivity contribution in [2.24, 2.45) is 5.92 Å². The van der Waals surface area contributed by atoms with E-state index in [0.29, 0.717) is 24.6 Å². The molecule has 0 saturated carbocycles. The van der Waals surface area contributed by atoms with Crippen molar-refractivity contribution in [3.05, 3.63) is 60.2 Å². The van der Waals surface area contributed by atoms with Gasteiger partial charge in [-0.15, -0.1) is 0 Å². The van der Waals surface area contributed by atoms with E-state index in [9.17, 15) is 9.59 Å². The zero-order valence-corrected chi connectivity index (χ0v) is 17.5. The normalized spacial score (nSPS) is 16.3. The lowest BCUT2D eigenvalue weighted by Crippen LogP contribution is -2.45. The Labute approximate surface area is 177 Å². The van der Waals surface area contributed by atoms with Gasteiger partial charge in [0.2, 0.25) is 5.91 Å². The molecule has 6 heteroatoms. The highest BCUT2D eigenvalue weighted by atomic mass is 16.5. The average Bonchev–Trinajstić information content (AvgIpc) is 2.78. The minimum atomic E-state index is -0.224. The summed E-state index contributed by atoms with van der Waals surface area (Å²) < 4.78 is 11.1. The number of rotatable bonds is 7. The summed E-state index contributed by atoms with van der Waals surface area (Å²) in [4.78, 5) is 27.0. The highest BCUT2D eigenvalue weighted by molar-refractivity contribution is 5.93. The van der Waals surface area contributed by atoms with Crippen LogP contribution in [0.15, 0.2) is 54.6 Å². The van der Waals surface area contributed by atoms with Crippen molar-refractivity contribution in [3.8, 4) is 11.5 Å². The first-order valence-corrected chi connectivity index (χ1v) is 10.2. The van der Waals surface area contributed by atoms with E-state index < -0.39 is 0 Å². The van der Waals surface area contributed by atoms with Crippen molar-refractivity contribution < 1.29 is 19.1 Å². The molecule has 0 bridgehead atoms. The van der Waals surface area contributed by atoms with E-state index in [2.05, 4.69) is 5.32 Å². The topological polar surface area (TPSA) is 67.9 Å². The van der Waals surface area contributed by atoms with Gasteiger partial charge in [-0.05, 0) is 49.6 Å². The van der Waals surface area contributed by atoms with E-state index >= 15 is 0 Å². The van der Waals surface area contributed by atoms with Gasteiger partial charge in [0.05, 0.1) is 13.0 Å². The summed E-state index contributed by atoms with van der Waals surface area (Å²) in [5, 5.41) is 2.93. The molecule has 2 amide bonds. The van der Waals surface area contributed by atoms with Crippen LogP contribution in [0.25, 0.3) is 6.08 Å². The van der Waals surface area contributed by atoms with E-state index in [0.717, 1.165) is 24.1 Å². The molecule has 1 fully saturated rings. The van der Waals surface area contributed by atoms with Gasteiger partial charge in [0, 0.05) is 18.8 Å². The second-order valence-corrected chi connectivity index (χ2v) is 7.23. The third-order valence-electron chi connectivity index (χ3n) is 5.08. The first kappa shape index (κ1) is 21.4. The van der Waals surface area contributed by atoms with Crippen LogP contribution in [0.4, 0.5) is 5.69 Å². The van der Waals surface area contributed by atoms with Gasteiger partial charge in [-0.1, -0.05) is 36.4 Å². The summed E-state index contributed by atoms with van der Waals surface area (Å²) >= 11 is 0. The summed E-state index contributed by atoms with van der Waals surface area (Å²) in [6, 6.07) is 14.9. The van der Waals surface area contributed by atoms with Crippen molar-refractivity contribution in [2.45, 2.75) is 19.8 Å². The van der Waals surface area contributed by atoms with Gasteiger partial charge >= 0.3 is 0 Å². The summed E-state index contributed by atoms with van der Waals surface area (Å²) in [6.07, 6.45) is 5.47. The molecule has 1 heterocycles. The molecule has 0 radical (unpaired) electrons. The Hall–Kier alpha value is -3.28. The van der Waals surface area contributed by atoms with E-state index in [1.54, 1.807) is 18.1 Å². The Morgan fingerprint density at radius 2 is 1.97 bits per heavy atom. The fraction of sp³-hybridized carbons (Fsp3) is 0.333. The van der Waals surface area contributed by atoms with Crippen LogP contribution in [0.1, 0.15) is 25.3 Å². The zero-order chi connectivity index (χ0) is 21.3. The summed E-state index contributed by atoms with van der Waals surface area (Å²) in [7, 11) is 1.57. The number of benzene rings is 2. The molecule has 1 saturated heterocycles. The third-order valence-corrected chi connectivity index (χ3v) is 5.08. The highest BCUT2D eigenvalue weighted by Gasteiger charge is 2.28. The van der Waals surface area contributed by atoms with Crippen LogP contribution in [0.2, 0.25) is 0 Å². The molecule has 2 aromatic carbocycles. The van der Waals surface area contributed by atoms with Gasteiger partial charge in [0.1, 0.15) is 0 Å². The Balaban J connectivity index is 1.56. The number of nitrogens with one attached hydrogen (secondary N) is 1. The lowest BCUT2D eigenvalue weighted by Gasteiger charge is -2.32. The van der Waals surface area contributed by atoms with Crippen molar-refractivity contribution in [1.82, 2.24) is 4.90 Å². The number of likely N-dealkylation sites (tertiary alicyclic amines) is 1. The van der Waals surface area contributed by atoms with E-state index in [4.69, 9.17) is 9.47 Å². The minimum Gasteiger partial charge on any atom is -0.493 e. The number of nitrogens with zero attached hydrogens (tertiary/aromatic N) is 1. The summed E-state index contributed by atoms with van der Waals surface area (Å²) in [5.74, 6) is 0.692. The van der Waals surface area contributed by atoms with Crippen LogP contribution in [0.5, 0.6) is 11.5 Å². The Kier molecular flexibility index (Phi) is 7.49. The van der Waals surface area contributed by atoms with E-state index in [-0.39, 0.29) is 24.3 Å². The molecule has 6 nitrogen and oxygen atoms in total. The van der Waals surface area contributed by atoms with E-state index in [1.165, 1.54) is 0 Å². The molecule has 0 aliphatic carbocycles. The average molecular weight is 408 g/mol. The number of anilines is 1. The quantitative estimate of drug-likeness (QED) is 0.752. The molecular weight excluding hydrogens is 380 g/mol. The van der Waals surface area contributed by atoms with Gasteiger partial charge in [-0.3, -0.25) is 9.59 Å². The fourth-order valence-corrected chi connectivity index (χ4v) is 3.51. The zero-order valence-electron chi connectivity index (χ0n) is 17.5. The van der Waals surface area contributed by atoms with Crippen molar-refractivity contribution >= 4 is 23.6 Å². The molecule has 30 heavy (non-hydrogen) atoms. The van der Waals surface area contributed by atoms with Gasteiger partial charge in [-0.2, -0.15) is 0 Å². The number of methoxy groups -OCH3 is 1. The first-order valence-electron chi connectivity index (χ1n) is 10.2. The molecule has 2 aromatic rings.